The summed E-state index contributed by atoms with van der Waals surface area (Å²) < 4.78 is 5.10. The Balaban J connectivity index is 1.96. The number of hydrogen-bond acceptors (Lipinski definition) is 3. The summed E-state index contributed by atoms with van der Waals surface area (Å²) in [5, 5.41) is 3.20. The van der Waals surface area contributed by atoms with E-state index in [1.54, 1.807) is 0 Å². The maximum Gasteiger partial charge on any atom is 0.317 e. The average Bonchev–Trinajstić information content (AvgIpc) is 2.61. The third-order valence-electron chi connectivity index (χ3n) is 4.72. The molecule has 1 aromatic carbocycles. The van der Waals surface area contributed by atoms with Gasteiger partial charge in [0.2, 0.25) is 0 Å². The van der Waals surface area contributed by atoms with Gasteiger partial charge in [0.25, 0.3) is 0 Å². The SMILES string of the molecule is CCOC(=O)C1CCN(C(=O)NC(CC(C)(C)C)c2ccccc2)CC1. The monoisotopic (exact) mass is 360 g/mol. The standard InChI is InChI=1S/C21H32N2O3/c1-5-26-19(24)17-11-13-23(14-12-17)20(25)22-18(15-21(2,3)4)16-9-7-6-8-10-16/h6-10,17-18H,5,11-15H2,1-4H3,(H,22,25). The summed E-state index contributed by atoms with van der Waals surface area (Å²) >= 11 is 0. The largest absolute Gasteiger partial charge is 0.466 e. The number of carbonyl (C=O) groups excluding carboxylic acids is 2. The lowest BCUT2D eigenvalue weighted by Gasteiger charge is -2.34. The zero-order valence-electron chi connectivity index (χ0n) is 16.5. The smallest absolute Gasteiger partial charge is 0.317 e. The first-order chi connectivity index (χ1) is 12.3. The van der Waals surface area contributed by atoms with Gasteiger partial charge in [-0.2, -0.15) is 0 Å². The molecular formula is C21H32N2O3. The first kappa shape index (κ1) is 20.3. The number of esters is 1. The summed E-state index contributed by atoms with van der Waals surface area (Å²) in [6.07, 6.45) is 2.20. The predicted molar refractivity (Wildman–Crippen MR) is 103 cm³/mol. The van der Waals surface area contributed by atoms with Crippen LogP contribution in [0.2, 0.25) is 0 Å². The normalized spacial score (nSPS) is 16.8. The number of rotatable bonds is 5. The molecule has 0 saturated carbocycles. The van der Waals surface area contributed by atoms with Crippen LogP contribution in [0.25, 0.3) is 0 Å². The Hall–Kier alpha value is -2.04. The lowest BCUT2D eigenvalue weighted by molar-refractivity contribution is -0.149. The molecule has 0 aromatic heterocycles. The van der Waals surface area contributed by atoms with Crippen LogP contribution in [0.15, 0.2) is 30.3 Å². The number of hydrogen-bond donors (Lipinski definition) is 1. The molecule has 0 bridgehead atoms. The molecule has 1 aromatic rings. The molecule has 1 unspecified atom stereocenters. The van der Waals surface area contributed by atoms with E-state index in [-0.39, 0.29) is 29.4 Å². The van der Waals surface area contributed by atoms with Crippen LogP contribution in [-0.2, 0) is 9.53 Å². The van der Waals surface area contributed by atoms with Crippen molar-refractivity contribution in [1.82, 2.24) is 10.2 Å². The minimum atomic E-state index is -0.137. The highest BCUT2D eigenvalue weighted by Crippen LogP contribution is 2.30. The van der Waals surface area contributed by atoms with Crippen molar-refractivity contribution in [3.8, 4) is 0 Å². The summed E-state index contributed by atoms with van der Waals surface area (Å²) in [7, 11) is 0. The Morgan fingerprint density at radius 1 is 1.19 bits per heavy atom. The summed E-state index contributed by atoms with van der Waals surface area (Å²) in [5.74, 6) is -0.221. The summed E-state index contributed by atoms with van der Waals surface area (Å²) in [4.78, 5) is 26.4. The molecule has 1 fully saturated rings. The van der Waals surface area contributed by atoms with Gasteiger partial charge in [0, 0.05) is 13.1 Å². The highest BCUT2D eigenvalue weighted by molar-refractivity contribution is 5.76. The molecule has 0 aliphatic carbocycles. The van der Waals surface area contributed by atoms with E-state index in [4.69, 9.17) is 4.74 Å². The van der Waals surface area contributed by atoms with Crippen LogP contribution in [0.4, 0.5) is 4.79 Å². The van der Waals surface area contributed by atoms with Gasteiger partial charge in [-0.15, -0.1) is 0 Å². The van der Waals surface area contributed by atoms with Crippen LogP contribution in [-0.4, -0.2) is 36.6 Å². The molecule has 0 radical (unpaired) electrons. The van der Waals surface area contributed by atoms with E-state index in [0.29, 0.717) is 32.5 Å². The molecule has 1 saturated heterocycles. The van der Waals surface area contributed by atoms with Gasteiger partial charge in [0.05, 0.1) is 18.6 Å². The van der Waals surface area contributed by atoms with Gasteiger partial charge in [-0.1, -0.05) is 51.1 Å². The van der Waals surface area contributed by atoms with Crippen molar-refractivity contribution < 1.29 is 14.3 Å². The topological polar surface area (TPSA) is 58.6 Å². The van der Waals surface area contributed by atoms with E-state index in [1.165, 1.54) is 0 Å². The van der Waals surface area contributed by atoms with Gasteiger partial charge >= 0.3 is 12.0 Å². The van der Waals surface area contributed by atoms with Gasteiger partial charge in [-0.3, -0.25) is 4.79 Å². The van der Waals surface area contributed by atoms with Crippen LogP contribution in [0.5, 0.6) is 0 Å². The molecule has 5 heteroatoms. The highest BCUT2D eigenvalue weighted by Gasteiger charge is 2.30. The van der Waals surface area contributed by atoms with Crippen LogP contribution in [0.3, 0.4) is 0 Å². The molecule has 1 N–H and O–H groups in total. The van der Waals surface area contributed by atoms with Gasteiger partial charge in [-0.05, 0) is 37.2 Å². The van der Waals surface area contributed by atoms with Crippen molar-refractivity contribution in [2.75, 3.05) is 19.7 Å². The number of piperidine rings is 1. The van der Waals surface area contributed by atoms with E-state index in [0.717, 1.165) is 12.0 Å². The quantitative estimate of drug-likeness (QED) is 0.803. The molecule has 1 heterocycles. The van der Waals surface area contributed by atoms with Crippen molar-refractivity contribution in [2.24, 2.45) is 11.3 Å². The molecule has 5 nitrogen and oxygen atoms in total. The van der Waals surface area contributed by atoms with Gasteiger partial charge in [0.1, 0.15) is 0 Å². The number of nitrogens with one attached hydrogen (secondary N) is 1. The fourth-order valence-corrected chi connectivity index (χ4v) is 3.37. The van der Waals surface area contributed by atoms with Crippen LogP contribution in [0, 0.1) is 11.3 Å². The molecule has 1 aliphatic heterocycles. The summed E-state index contributed by atoms with van der Waals surface area (Å²) in [5.41, 5.74) is 1.22. The predicted octanol–water partition coefficient (Wildman–Crippen LogP) is 4.15. The Bertz CT molecular complexity index is 587. The third kappa shape index (κ3) is 6.04. The first-order valence-corrected chi connectivity index (χ1v) is 9.57. The first-order valence-electron chi connectivity index (χ1n) is 9.57. The molecular weight excluding hydrogens is 328 g/mol. The number of benzene rings is 1. The Kier molecular flexibility index (Phi) is 7.06. The molecule has 144 valence electrons. The van der Waals surface area contributed by atoms with Crippen LogP contribution in [0.1, 0.15) is 58.6 Å². The van der Waals surface area contributed by atoms with E-state index in [9.17, 15) is 9.59 Å². The van der Waals surface area contributed by atoms with Crippen molar-refractivity contribution in [3.05, 3.63) is 35.9 Å². The van der Waals surface area contributed by atoms with Gasteiger partial charge in [0.15, 0.2) is 0 Å². The zero-order chi connectivity index (χ0) is 19.2. The Morgan fingerprint density at radius 2 is 1.81 bits per heavy atom. The van der Waals surface area contributed by atoms with Crippen molar-refractivity contribution >= 4 is 12.0 Å². The lowest BCUT2D eigenvalue weighted by Crippen LogP contribution is -2.47. The van der Waals surface area contributed by atoms with E-state index in [2.05, 4.69) is 38.2 Å². The van der Waals surface area contributed by atoms with Crippen molar-refractivity contribution in [1.29, 1.82) is 0 Å². The molecule has 2 rings (SSSR count). The highest BCUT2D eigenvalue weighted by atomic mass is 16.5. The fraction of sp³-hybridized carbons (Fsp3) is 0.619. The molecule has 2 amide bonds. The molecule has 0 spiro atoms. The number of ether oxygens (including phenoxy) is 1. The van der Waals surface area contributed by atoms with E-state index in [1.807, 2.05) is 30.0 Å². The molecule has 1 aliphatic rings. The summed E-state index contributed by atoms with van der Waals surface area (Å²) in [6.45, 7) is 9.95. The second-order valence-electron chi connectivity index (χ2n) is 8.19. The van der Waals surface area contributed by atoms with Gasteiger partial charge < -0.3 is 15.0 Å². The fourth-order valence-electron chi connectivity index (χ4n) is 3.37. The number of likely N-dealkylation sites (tertiary alicyclic amines) is 1. The molecule has 26 heavy (non-hydrogen) atoms. The third-order valence-corrected chi connectivity index (χ3v) is 4.72. The second kappa shape index (κ2) is 9.06. The number of carbonyl (C=O) groups is 2. The van der Waals surface area contributed by atoms with E-state index < -0.39 is 0 Å². The van der Waals surface area contributed by atoms with Crippen LogP contribution < -0.4 is 5.32 Å². The zero-order valence-corrected chi connectivity index (χ0v) is 16.5. The minimum Gasteiger partial charge on any atom is -0.466 e. The summed E-state index contributed by atoms with van der Waals surface area (Å²) in [6, 6.07) is 10.0. The van der Waals surface area contributed by atoms with E-state index >= 15 is 0 Å². The van der Waals surface area contributed by atoms with Gasteiger partial charge in [-0.25, -0.2) is 4.79 Å². The van der Waals surface area contributed by atoms with Crippen LogP contribution >= 0.6 is 0 Å². The molecule has 1 atom stereocenters. The number of nitrogens with zero attached hydrogens (tertiary/aromatic N) is 1. The second-order valence-corrected chi connectivity index (χ2v) is 8.19. The number of amides is 2. The minimum absolute atomic E-state index is 0.0218. The number of urea groups is 1. The maximum absolute atomic E-state index is 12.8. The van der Waals surface area contributed by atoms with Crippen molar-refractivity contribution in [3.63, 3.8) is 0 Å². The average molecular weight is 360 g/mol. The Morgan fingerprint density at radius 3 is 2.35 bits per heavy atom. The Labute approximate surface area is 157 Å². The lowest BCUT2D eigenvalue weighted by atomic mass is 9.85. The van der Waals surface area contributed by atoms with Crippen molar-refractivity contribution in [2.45, 2.75) is 53.0 Å². The maximum atomic E-state index is 12.8.